The van der Waals surface area contributed by atoms with Crippen LogP contribution in [0.3, 0.4) is 0 Å². The minimum atomic E-state index is 0.695. The molecule has 0 aromatic carbocycles. The van der Waals surface area contributed by atoms with E-state index in [-0.39, 0.29) is 0 Å². The van der Waals surface area contributed by atoms with Crippen molar-refractivity contribution < 1.29 is 0 Å². The number of nitrogens with one attached hydrogen (secondary N) is 1. The van der Waals surface area contributed by atoms with E-state index in [4.69, 9.17) is 0 Å². The zero-order chi connectivity index (χ0) is 11.4. The van der Waals surface area contributed by atoms with Crippen LogP contribution in [-0.2, 0) is 0 Å². The SMILES string of the molecule is CNc1cc(Sc2nccc(C)n2)ncn1. The molecule has 0 radical (unpaired) electrons. The lowest BCUT2D eigenvalue weighted by atomic mass is 10.5. The molecule has 0 aliphatic rings. The Labute approximate surface area is 97.8 Å². The first-order valence-electron chi connectivity index (χ1n) is 4.75. The van der Waals surface area contributed by atoms with Gasteiger partial charge in [0.25, 0.3) is 0 Å². The first-order chi connectivity index (χ1) is 7.78. The van der Waals surface area contributed by atoms with E-state index >= 15 is 0 Å². The fourth-order valence-electron chi connectivity index (χ4n) is 1.10. The zero-order valence-electron chi connectivity index (χ0n) is 9.01. The summed E-state index contributed by atoms with van der Waals surface area (Å²) in [5.41, 5.74) is 0.945. The molecule has 2 rings (SSSR count). The Bertz CT molecular complexity index is 488. The lowest BCUT2D eigenvalue weighted by Gasteiger charge is -2.02. The van der Waals surface area contributed by atoms with Gasteiger partial charge in [0.15, 0.2) is 5.16 Å². The number of rotatable bonds is 3. The average molecular weight is 233 g/mol. The van der Waals surface area contributed by atoms with Crippen LogP contribution in [0, 0.1) is 6.92 Å². The van der Waals surface area contributed by atoms with Crippen LogP contribution in [0.15, 0.2) is 34.8 Å². The largest absolute Gasteiger partial charge is 0.373 e. The van der Waals surface area contributed by atoms with Gasteiger partial charge in [0.2, 0.25) is 0 Å². The highest BCUT2D eigenvalue weighted by Gasteiger charge is 2.03. The third kappa shape index (κ3) is 2.66. The molecule has 0 saturated carbocycles. The highest BCUT2D eigenvalue weighted by molar-refractivity contribution is 7.99. The maximum atomic E-state index is 4.29. The molecule has 2 heterocycles. The summed E-state index contributed by atoms with van der Waals surface area (Å²) in [5.74, 6) is 0.783. The first-order valence-corrected chi connectivity index (χ1v) is 5.57. The second kappa shape index (κ2) is 4.89. The summed E-state index contributed by atoms with van der Waals surface area (Å²) in [6, 6.07) is 3.72. The fraction of sp³-hybridized carbons (Fsp3) is 0.200. The van der Waals surface area contributed by atoms with E-state index in [1.54, 1.807) is 6.20 Å². The van der Waals surface area contributed by atoms with E-state index in [1.807, 2.05) is 26.1 Å². The molecule has 5 nitrogen and oxygen atoms in total. The van der Waals surface area contributed by atoms with Crippen molar-refractivity contribution in [3.63, 3.8) is 0 Å². The molecule has 0 saturated heterocycles. The molecule has 2 aromatic heterocycles. The van der Waals surface area contributed by atoms with Crippen LogP contribution < -0.4 is 5.32 Å². The Morgan fingerprint density at radius 2 is 2.12 bits per heavy atom. The summed E-state index contributed by atoms with van der Waals surface area (Å²) in [7, 11) is 1.82. The molecule has 82 valence electrons. The van der Waals surface area contributed by atoms with E-state index in [0.717, 1.165) is 16.5 Å². The molecule has 6 heteroatoms. The van der Waals surface area contributed by atoms with Crippen molar-refractivity contribution in [3.05, 3.63) is 30.4 Å². The zero-order valence-corrected chi connectivity index (χ0v) is 9.82. The topological polar surface area (TPSA) is 63.6 Å². The summed E-state index contributed by atoms with van der Waals surface area (Å²) in [6.07, 6.45) is 3.26. The summed E-state index contributed by atoms with van der Waals surface area (Å²) < 4.78 is 0. The lowest BCUT2D eigenvalue weighted by Crippen LogP contribution is -1.94. The average Bonchev–Trinajstić information content (AvgIpc) is 2.29. The van der Waals surface area contributed by atoms with E-state index in [0.29, 0.717) is 5.16 Å². The van der Waals surface area contributed by atoms with Crippen LogP contribution in [-0.4, -0.2) is 27.0 Å². The smallest absolute Gasteiger partial charge is 0.194 e. The van der Waals surface area contributed by atoms with Gasteiger partial charge >= 0.3 is 0 Å². The molecule has 0 fully saturated rings. The number of aromatic nitrogens is 4. The molecular formula is C10H11N5S. The highest BCUT2D eigenvalue weighted by atomic mass is 32.2. The first kappa shape index (κ1) is 10.8. The minimum absolute atomic E-state index is 0.695. The van der Waals surface area contributed by atoms with Gasteiger partial charge in [-0.25, -0.2) is 19.9 Å². The number of hydrogen-bond donors (Lipinski definition) is 1. The van der Waals surface area contributed by atoms with Crippen molar-refractivity contribution in [3.8, 4) is 0 Å². The normalized spacial score (nSPS) is 10.1. The monoisotopic (exact) mass is 233 g/mol. The summed E-state index contributed by atoms with van der Waals surface area (Å²) in [6.45, 7) is 1.94. The molecule has 0 unspecified atom stereocenters. The molecular weight excluding hydrogens is 222 g/mol. The number of hydrogen-bond acceptors (Lipinski definition) is 6. The van der Waals surface area contributed by atoms with Gasteiger partial charge in [0.1, 0.15) is 17.2 Å². The van der Waals surface area contributed by atoms with Crippen LogP contribution in [0.2, 0.25) is 0 Å². The van der Waals surface area contributed by atoms with Crippen molar-refractivity contribution in [1.29, 1.82) is 0 Å². The Morgan fingerprint density at radius 1 is 1.25 bits per heavy atom. The predicted molar refractivity (Wildman–Crippen MR) is 62.5 cm³/mol. The van der Waals surface area contributed by atoms with Crippen LogP contribution in [0.1, 0.15) is 5.69 Å². The van der Waals surface area contributed by atoms with Crippen LogP contribution in [0.4, 0.5) is 5.82 Å². The minimum Gasteiger partial charge on any atom is -0.373 e. The van der Waals surface area contributed by atoms with Crippen molar-refractivity contribution in [1.82, 2.24) is 19.9 Å². The van der Waals surface area contributed by atoms with Gasteiger partial charge in [-0.3, -0.25) is 0 Å². The quantitative estimate of drug-likeness (QED) is 0.644. The van der Waals surface area contributed by atoms with Crippen molar-refractivity contribution in [2.45, 2.75) is 17.1 Å². The molecule has 0 amide bonds. The van der Waals surface area contributed by atoms with E-state index in [9.17, 15) is 0 Å². The lowest BCUT2D eigenvalue weighted by molar-refractivity contribution is 0.925. The van der Waals surface area contributed by atoms with Gasteiger partial charge < -0.3 is 5.32 Å². The van der Waals surface area contributed by atoms with E-state index < -0.39 is 0 Å². The highest BCUT2D eigenvalue weighted by Crippen LogP contribution is 2.23. The number of anilines is 1. The van der Waals surface area contributed by atoms with Crippen molar-refractivity contribution >= 4 is 17.6 Å². The van der Waals surface area contributed by atoms with Gasteiger partial charge in [0, 0.05) is 25.0 Å². The molecule has 16 heavy (non-hydrogen) atoms. The Balaban J connectivity index is 2.20. The summed E-state index contributed by atoms with van der Waals surface area (Å²) >= 11 is 1.42. The van der Waals surface area contributed by atoms with E-state index in [1.165, 1.54) is 18.1 Å². The standard InChI is InChI=1S/C10H11N5S/c1-7-3-4-12-10(15-7)16-9-5-8(11-2)13-6-14-9/h3-6H,1-2H3,(H,11,13,14). The molecule has 0 atom stereocenters. The third-order valence-corrected chi connectivity index (χ3v) is 2.68. The van der Waals surface area contributed by atoms with Crippen LogP contribution in [0.5, 0.6) is 0 Å². The Hall–Kier alpha value is -1.69. The number of aryl methyl sites for hydroxylation is 1. The van der Waals surface area contributed by atoms with E-state index in [2.05, 4.69) is 25.3 Å². The molecule has 0 aliphatic heterocycles. The molecule has 0 spiro atoms. The second-order valence-electron chi connectivity index (χ2n) is 3.07. The van der Waals surface area contributed by atoms with Crippen molar-refractivity contribution in [2.24, 2.45) is 0 Å². The summed E-state index contributed by atoms with van der Waals surface area (Å²) in [4.78, 5) is 16.6. The maximum absolute atomic E-state index is 4.29. The Morgan fingerprint density at radius 3 is 2.88 bits per heavy atom. The van der Waals surface area contributed by atoms with Gasteiger partial charge in [-0.05, 0) is 24.8 Å². The van der Waals surface area contributed by atoms with Gasteiger partial charge in [-0.15, -0.1) is 0 Å². The maximum Gasteiger partial charge on any atom is 0.194 e. The summed E-state index contributed by atoms with van der Waals surface area (Å²) in [5, 5.41) is 4.48. The Kier molecular flexibility index (Phi) is 3.31. The predicted octanol–water partition coefficient (Wildman–Crippen LogP) is 1.77. The van der Waals surface area contributed by atoms with Crippen LogP contribution >= 0.6 is 11.8 Å². The van der Waals surface area contributed by atoms with Gasteiger partial charge in [-0.1, -0.05) is 0 Å². The molecule has 0 bridgehead atoms. The van der Waals surface area contributed by atoms with Gasteiger partial charge in [0.05, 0.1) is 0 Å². The molecule has 1 N–H and O–H groups in total. The van der Waals surface area contributed by atoms with Crippen molar-refractivity contribution in [2.75, 3.05) is 12.4 Å². The second-order valence-corrected chi connectivity index (χ2v) is 4.06. The molecule has 0 aliphatic carbocycles. The number of nitrogens with zero attached hydrogens (tertiary/aromatic N) is 4. The third-order valence-electron chi connectivity index (χ3n) is 1.87. The van der Waals surface area contributed by atoms with Gasteiger partial charge in [-0.2, -0.15) is 0 Å². The molecule has 2 aromatic rings. The fourth-order valence-corrected chi connectivity index (χ4v) is 1.86. The van der Waals surface area contributed by atoms with Crippen LogP contribution in [0.25, 0.3) is 0 Å².